The lowest BCUT2D eigenvalue weighted by Gasteiger charge is -2.03. The van der Waals surface area contributed by atoms with Crippen molar-refractivity contribution in [2.45, 2.75) is 0 Å². The summed E-state index contributed by atoms with van der Waals surface area (Å²) in [6, 6.07) is 4.62. The van der Waals surface area contributed by atoms with Gasteiger partial charge in [-0.3, -0.25) is 10.6 Å². The fourth-order valence-corrected chi connectivity index (χ4v) is 0.803. The molecule has 11 heavy (non-hydrogen) atoms. The summed E-state index contributed by atoms with van der Waals surface area (Å²) < 4.78 is 0. The van der Waals surface area contributed by atoms with Gasteiger partial charge in [0.1, 0.15) is 5.75 Å². The number of carbonyl (C=O) groups is 1. The highest BCUT2D eigenvalue weighted by atomic mass is 16.3. The zero-order valence-electron chi connectivity index (χ0n) is 5.74. The van der Waals surface area contributed by atoms with Gasteiger partial charge in [-0.15, -0.1) is 0 Å². The lowest BCUT2D eigenvalue weighted by Crippen LogP contribution is -2.08. The maximum Gasteiger partial charge on any atom is 0.155 e. The second kappa shape index (κ2) is 3.03. The van der Waals surface area contributed by atoms with E-state index in [-0.39, 0.29) is 11.3 Å². The minimum absolute atomic E-state index is 0.0737. The van der Waals surface area contributed by atoms with Crippen molar-refractivity contribution in [3.63, 3.8) is 0 Å². The Hall–Kier alpha value is -1.55. The van der Waals surface area contributed by atoms with E-state index >= 15 is 0 Å². The fourth-order valence-electron chi connectivity index (χ4n) is 0.803. The maximum atomic E-state index is 10.4. The van der Waals surface area contributed by atoms with Gasteiger partial charge in [0, 0.05) is 0 Å². The SMILES string of the molecule is NNc1cccc(O)c1C=O. The van der Waals surface area contributed by atoms with Crippen LogP contribution < -0.4 is 11.3 Å². The maximum absolute atomic E-state index is 10.4. The molecule has 58 valence electrons. The van der Waals surface area contributed by atoms with Gasteiger partial charge in [-0.05, 0) is 12.1 Å². The van der Waals surface area contributed by atoms with Crippen LogP contribution in [0.2, 0.25) is 0 Å². The number of hydrogen-bond donors (Lipinski definition) is 3. The molecule has 1 aromatic carbocycles. The Morgan fingerprint density at radius 3 is 2.73 bits per heavy atom. The molecule has 0 fully saturated rings. The molecular formula is C7H8N2O2. The number of phenols is 1. The van der Waals surface area contributed by atoms with E-state index in [0.717, 1.165) is 0 Å². The number of nitrogens with one attached hydrogen (secondary N) is 1. The normalized spacial score (nSPS) is 9.18. The van der Waals surface area contributed by atoms with E-state index < -0.39 is 0 Å². The number of hydrogen-bond acceptors (Lipinski definition) is 4. The van der Waals surface area contributed by atoms with E-state index in [2.05, 4.69) is 5.43 Å². The molecule has 1 rings (SSSR count). The second-order valence-electron chi connectivity index (χ2n) is 2.00. The van der Waals surface area contributed by atoms with Crippen molar-refractivity contribution >= 4 is 12.0 Å². The number of rotatable bonds is 2. The molecule has 0 aliphatic rings. The van der Waals surface area contributed by atoms with E-state index in [0.29, 0.717) is 12.0 Å². The first-order valence-corrected chi connectivity index (χ1v) is 3.03. The smallest absolute Gasteiger partial charge is 0.155 e. The monoisotopic (exact) mass is 152 g/mol. The van der Waals surface area contributed by atoms with Gasteiger partial charge < -0.3 is 10.5 Å². The lowest BCUT2D eigenvalue weighted by atomic mass is 10.2. The van der Waals surface area contributed by atoms with Crippen LogP contribution in [0.15, 0.2) is 18.2 Å². The zero-order valence-corrected chi connectivity index (χ0v) is 5.74. The van der Waals surface area contributed by atoms with Gasteiger partial charge in [-0.1, -0.05) is 6.07 Å². The summed E-state index contributed by atoms with van der Waals surface area (Å²) in [5.74, 6) is 5.00. The number of anilines is 1. The van der Waals surface area contributed by atoms with E-state index in [1.54, 1.807) is 12.1 Å². The highest BCUT2D eigenvalue weighted by Crippen LogP contribution is 2.21. The van der Waals surface area contributed by atoms with Crippen molar-refractivity contribution < 1.29 is 9.90 Å². The Kier molecular flexibility index (Phi) is 2.08. The predicted octanol–water partition coefficient (Wildman–Crippen LogP) is 0.490. The third-order valence-electron chi connectivity index (χ3n) is 1.36. The van der Waals surface area contributed by atoms with Crippen molar-refractivity contribution in [1.82, 2.24) is 0 Å². The van der Waals surface area contributed by atoms with Crippen LogP contribution >= 0.6 is 0 Å². The Balaban J connectivity index is 3.24. The summed E-state index contributed by atoms with van der Waals surface area (Å²) in [4.78, 5) is 10.4. The van der Waals surface area contributed by atoms with Crippen molar-refractivity contribution in [3.8, 4) is 5.75 Å². The standard InChI is InChI=1S/C7H8N2O2/c8-9-6-2-1-3-7(11)5(6)4-10/h1-4,9,11H,8H2. The van der Waals surface area contributed by atoms with Gasteiger partial charge in [0.05, 0.1) is 11.3 Å². The molecule has 0 aliphatic carbocycles. The van der Waals surface area contributed by atoms with Gasteiger partial charge in [-0.25, -0.2) is 0 Å². The fraction of sp³-hybridized carbons (Fsp3) is 0. The molecule has 0 saturated carbocycles. The van der Waals surface area contributed by atoms with Crippen molar-refractivity contribution in [3.05, 3.63) is 23.8 Å². The number of aromatic hydroxyl groups is 1. The number of aldehydes is 1. The van der Waals surface area contributed by atoms with Crippen molar-refractivity contribution in [2.24, 2.45) is 5.84 Å². The van der Waals surface area contributed by atoms with Crippen LogP contribution in [-0.4, -0.2) is 11.4 Å². The second-order valence-corrected chi connectivity index (χ2v) is 2.00. The molecule has 0 heterocycles. The molecule has 0 unspecified atom stereocenters. The topological polar surface area (TPSA) is 75.3 Å². The molecular weight excluding hydrogens is 144 g/mol. The van der Waals surface area contributed by atoms with Crippen LogP contribution in [0, 0.1) is 0 Å². The van der Waals surface area contributed by atoms with E-state index in [4.69, 9.17) is 10.9 Å². The van der Waals surface area contributed by atoms with Crippen LogP contribution in [0.25, 0.3) is 0 Å². The molecule has 0 bridgehead atoms. The summed E-state index contributed by atoms with van der Waals surface area (Å²) in [6.07, 6.45) is 0.546. The van der Waals surface area contributed by atoms with Gasteiger partial charge in [0.25, 0.3) is 0 Å². The number of hydrazine groups is 1. The van der Waals surface area contributed by atoms with E-state index in [9.17, 15) is 4.79 Å². The minimum atomic E-state index is -0.0737. The Bertz CT molecular complexity index is 273. The Morgan fingerprint density at radius 1 is 1.55 bits per heavy atom. The third-order valence-corrected chi connectivity index (χ3v) is 1.36. The summed E-state index contributed by atoms with van der Waals surface area (Å²) in [5, 5.41) is 9.10. The van der Waals surface area contributed by atoms with Gasteiger partial charge in [0.15, 0.2) is 6.29 Å². The first-order chi connectivity index (χ1) is 5.29. The van der Waals surface area contributed by atoms with Gasteiger partial charge in [-0.2, -0.15) is 0 Å². The first kappa shape index (κ1) is 7.56. The average Bonchev–Trinajstić information content (AvgIpc) is 2.04. The molecule has 0 spiro atoms. The number of carbonyl (C=O) groups excluding carboxylic acids is 1. The quantitative estimate of drug-likeness (QED) is 0.327. The molecule has 1 aromatic rings. The van der Waals surface area contributed by atoms with Crippen molar-refractivity contribution in [2.75, 3.05) is 5.43 Å². The van der Waals surface area contributed by atoms with Crippen LogP contribution in [0.3, 0.4) is 0 Å². The number of nitrogen functional groups attached to an aromatic ring is 1. The summed E-state index contributed by atoms with van der Waals surface area (Å²) >= 11 is 0. The van der Waals surface area contributed by atoms with E-state index in [1.807, 2.05) is 0 Å². The van der Waals surface area contributed by atoms with Crippen LogP contribution in [-0.2, 0) is 0 Å². The summed E-state index contributed by atoms with van der Waals surface area (Å²) in [7, 11) is 0. The molecule has 4 heteroatoms. The predicted molar refractivity (Wildman–Crippen MR) is 41.3 cm³/mol. The number of phenolic OH excluding ortho intramolecular Hbond substituents is 1. The molecule has 0 radical (unpaired) electrons. The van der Waals surface area contributed by atoms with E-state index in [1.165, 1.54) is 6.07 Å². The Labute approximate surface area is 63.6 Å². The number of benzene rings is 1. The van der Waals surface area contributed by atoms with Gasteiger partial charge >= 0.3 is 0 Å². The van der Waals surface area contributed by atoms with Crippen LogP contribution in [0.1, 0.15) is 10.4 Å². The molecule has 0 amide bonds. The zero-order chi connectivity index (χ0) is 8.27. The van der Waals surface area contributed by atoms with Crippen LogP contribution in [0.4, 0.5) is 5.69 Å². The lowest BCUT2D eigenvalue weighted by molar-refractivity contribution is 0.112. The average molecular weight is 152 g/mol. The summed E-state index contributed by atoms with van der Waals surface area (Å²) in [5.41, 5.74) is 2.89. The molecule has 0 saturated heterocycles. The highest BCUT2D eigenvalue weighted by Gasteiger charge is 2.03. The third kappa shape index (κ3) is 1.30. The molecule has 4 nitrogen and oxygen atoms in total. The Morgan fingerprint density at radius 2 is 2.27 bits per heavy atom. The summed E-state index contributed by atoms with van der Waals surface area (Å²) in [6.45, 7) is 0. The first-order valence-electron chi connectivity index (χ1n) is 3.03. The minimum Gasteiger partial charge on any atom is -0.507 e. The van der Waals surface area contributed by atoms with Crippen LogP contribution in [0.5, 0.6) is 5.75 Å². The number of nitrogens with two attached hydrogens (primary N) is 1. The molecule has 0 atom stereocenters. The van der Waals surface area contributed by atoms with Crippen molar-refractivity contribution in [1.29, 1.82) is 0 Å². The molecule has 4 N–H and O–H groups in total. The largest absolute Gasteiger partial charge is 0.507 e. The van der Waals surface area contributed by atoms with Gasteiger partial charge in [0.2, 0.25) is 0 Å². The highest BCUT2D eigenvalue weighted by molar-refractivity contribution is 5.87. The molecule has 0 aliphatic heterocycles. The molecule has 0 aromatic heterocycles.